The standard InChI is InChI=1S/C9H15FO/c1-7-2-3-9(11)8(6-7)4-5-10/h7-8H,2-6H2,1H3. The van der Waals surface area contributed by atoms with Crippen molar-refractivity contribution in [2.45, 2.75) is 32.6 Å². The monoisotopic (exact) mass is 158 g/mol. The highest BCUT2D eigenvalue weighted by atomic mass is 19.1. The molecule has 0 aromatic carbocycles. The fraction of sp³-hybridized carbons (Fsp3) is 0.889. The van der Waals surface area contributed by atoms with Crippen molar-refractivity contribution < 1.29 is 9.18 Å². The maximum Gasteiger partial charge on any atom is 0.136 e. The summed E-state index contributed by atoms with van der Waals surface area (Å²) in [6.45, 7) is 1.79. The second-order valence-electron chi connectivity index (χ2n) is 3.52. The van der Waals surface area contributed by atoms with Gasteiger partial charge in [-0.25, -0.2) is 0 Å². The summed E-state index contributed by atoms with van der Waals surface area (Å²) in [7, 11) is 0. The Morgan fingerprint density at radius 3 is 3.00 bits per heavy atom. The van der Waals surface area contributed by atoms with Gasteiger partial charge >= 0.3 is 0 Å². The summed E-state index contributed by atoms with van der Waals surface area (Å²) in [5.74, 6) is 0.925. The van der Waals surface area contributed by atoms with Crippen LogP contribution in [0.1, 0.15) is 32.6 Å². The maximum atomic E-state index is 11.9. The first-order valence-electron chi connectivity index (χ1n) is 4.32. The zero-order valence-electron chi connectivity index (χ0n) is 6.98. The van der Waals surface area contributed by atoms with Gasteiger partial charge in [-0.1, -0.05) is 6.92 Å². The Labute approximate surface area is 67.0 Å². The third-order valence-corrected chi connectivity index (χ3v) is 2.48. The van der Waals surface area contributed by atoms with Crippen molar-refractivity contribution in [3.8, 4) is 0 Å². The molecule has 11 heavy (non-hydrogen) atoms. The van der Waals surface area contributed by atoms with Gasteiger partial charge in [0.25, 0.3) is 0 Å². The van der Waals surface area contributed by atoms with Gasteiger partial charge in [-0.2, -0.15) is 0 Å². The minimum absolute atomic E-state index is 0.0312. The van der Waals surface area contributed by atoms with Gasteiger partial charge in [-0.3, -0.25) is 9.18 Å². The largest absolute Gasteiger partial charge is 0.299 e. The van der Waals surface area contributed by atoms with E-state index in [9.17, 15) is 9.18 Å². The van der Waals surface area contributed by atoms with E-state index in [0.29, 0.717) is 18.8 Å². The summed E-state index contributed by atoms with van der Waals surface area (Å²) < 4.78 is 11.9. The van der Waals surface area contributed by atoms with Crippen molar-refractivity contribution in [1.82, 2.24) is 0 Å². The van der Waals surface area contributed by atoms with Crippen LogP contribution in [0, 0.1) is 11.8 Å². The van der Waals surface area contributed by atoms with Gasteiger partial charge in [0, 0.05) is 12.3 Å². The third kappa shape index (κ3) is 2.28. The van der Waals surface area contributed by atoms with Crippen molar-refractivity contribution in [2.24, 2.45) is 11.8 Å². The van der Waals surface area contributed by atoms with E-state index in [1.807, 2.05) is 0 Å². The molecule has 0 amide bonds. The van der Waals surface area contributed by atoms with E-state index >= 15 is 0 Å². The number of carbonyl (C=O) groups is 1. The molecule has 1 saturated carbocycles. The smallest absolute Gasteiger partial charge is 0.136 e. The summed E-state index contributed by atoms with van der Waals surface area (Å²) in [6.07, 6.45) is 3.03. The Balaban J connectivity index is 2.40. The molecule has 1 aliphatic carbocycles. The molecule has 64 valence electrons. The van der Waals surface area contributed by atoms with Gasteiger partial charge in [0.05, 0.1) is 6.67 Å². The van der Waals surface area contributed by atoms with Crippen LogP contribution in [0.25, 0.3) is 0 Å². The highest BCUT2D eigenvalue weighted by Gasteiger charge is 2.25. The quantitative estimate of drug-likeness (QED) is 0.603. The summed E-state index contributed by atoms with van der Waals surface area (Å²) in [5.41, 5.74) is 0. The molecule has 0 aliphatic heterocycles. The summed E-state index contributed by atoms with van der Waals surface area (Å²) in [4.78, 5) is 11.2. The first kappa shape index (κ1) is 8.69. The van der Waals surface area contributed by atoms with E-state index in [1.54, 1.807) is 0 Å². The fourth-order valence-corrected chi connectivity index (χ4v) is 1.74. The lowest BCUT2D eigenvalue weighted by atomic mass is 9.80. The third-order valence-electron chi connectivity index (χ3n) is 2.48. The number of hydrogen-bond donors (Lipinski definition) is 0. The van der Waals surface area contributed by atoms with Crippen molar-refractivity contribution >= 4 is 5.78 Å². The first-order valence-corrected chi connectivity index (χ1v) is 4.32. The summed E-state index contributed by atoms with van der Waals surface area (Å²) >= 11 is 0. The molecule has 1 rings (SSSR count). The van der Waals surface area contributed by atoms with E-state index in [2.05, 4.69) is 6.92 Å². The summed E-state index contributed by atoms with van der Waals surface area (Å²) in [5, 5.41) is 0. The second-order valence-corrected chi connectivity index (χ2v) is 3.52. The van der Waals surface area contributed by atoms with Gasteiger partial charge in [-0.05, 0) is 25.2 Å². The normalized spacial score (nSPS) is 32.4. The molecule has 0 radical (unpaired) electrons. The van der Waals surface area contributed by atoms with Gasteiger partial charge in [0.2, 0.25) is 0 Å². The van der Waals surface area contributed by atoms with Crippen LogP contribution in [0.3, 0.4) is 0 Å². The number of rotatable bonds is 2. The zero-order chi connectivity index (χ0) is 8.27. The van der Waals surface area contributed by atoms with E-state index in [0.717, 1.165) is 12.8 Å². The molecule has 0 aromatic rings. The number of hydrogen-bond acceptors (Lipinski definition) is 1. The van der Waals surface area contributed by atoms with Crippen LogP contribution in [0.15, 0.2) is 0 Å². The molecule has 0 N–H and O–H groups in total. The Morgan fingerprint density at radius 1 is 1.64 bits per heavy atom. The lowest BCUT2D eigenvalue weighted by Gasteiger charge is -2.24. The minimum Gasteiger partial charge on any atom is -0.299 e. The Hall–Kier alpha value is -0.400. The molecule has 0 aromatic heterocycles. The van der Waals surface area contributed by atoms with Crippen molar-refractivity contribution in [3.05, 3.63) is 0 Å². The topological polar surface area (TPSA) is 17.1 Å². The average Bonchev–Trinajstić information content (AvgIpc) is 1.98. The highest BCUT2D eigenvalue weighted by Crippen LogP contribution is 2.27. The zero-order valence-corrected chi connectivity index (χ0v) is 6.98. The van der Waals surface area contributed by atoms with Gasteiger partial charge < -0.3 is 0 Å². The Bertz CT molecular complexity index is 144. The molecule has 2 atom stereocenters. The van der Waals surface area contributed by atoms with Crippen LogP contribution >= 0.6 is 0 Å². The fourth-order valence-electron chi connectivity index (χ4n) is 1.74. The number of Topliss-reactive ketones (excluding diaryl/α,β-unsaturated/α-hetero) is 1. The molecule has 1 aliphatic rings. The number of ketones is 1. The van der Waals surface area contributed by atoms with Crippen LogP contribution in [-0.2, 0) is 4.79 Å². The molecular weight excluding hydrogens is 143 g/mol. The first-order chi connectivity index (χ1) is 5.24. The van der Waals surface area contributed by atoms with Gasteiger partial charge in [0.15, 0.2) is 0 Å². The lowest BCUT2D eigenvalue weighted by molar-refractivity contribution is -0.125. The lowest BCUT2D eigenvalue weighted by Crippen LogP contribution is -2.23. The molecule has 0 saturated heterocycles. The molecule has 0 spiro atoms. The van der Waals surface area contributed by atoms with Crippen LogP contribution < -0.4 is 0 Å². The molecular formula is C9H15FO. The Morgan fingerprint density at radius 2 is 2.36 bits per heavy atom. The molecule has 0 bridgehead atoms. The Kier molecular flexibility index (Phi) is 3.03. The van der Waals surface area contributed by atoms with E-state index < -0.39 is 0 Å². The molecule has 2 unspecified atom stereocenters. The van der Waals surface area contributed by atoms with Crippen LogP contribution in [0.2, 0.25) is 0 Å². The van der Waals surface area contributed by atoms with Crippen LogP contribution in [0.4, 0.5) is 4.39 Å². The van der Waals surface area contributed by atoms with Crippen molar-refractivity contribution in [1.29, 1.82) is 0 Å². The maximum absolute atomic E-state index is 11.9. The molecule has 1 nitrogen and oxygen atoms in total. The number of halogens is 1. The van der Waals surface area contributed by atoms with Crippen LogP contribution in [0.5, 0.6) is 0 Å². The second kappa shape index (κ2) is 3.84. The van der Waals surface area contributed by atoms with Crippen LogP contribution in [-0.4, -0.2) is 12.5 Å². The SMILES string of the molecule is CC1CCC(=O)C(CCF)C1. The number of alkyl halides is 1. The van der Waals surface area contributed by atoms with Crippen molar-refractivity contribution in [2.75, 3.05) is 6.67 Å². The van der Waals surface area contributed by atoms with Gasteiger partial charge in [-0.15, -0.1) is 0 Å². The number of carbonyl (C=O) groups excluding carboxylic acids is 1. The van der Waals surface area contributed by atoms with E-state index in [1.165, 1.54) is 0 Å². The van der Waals surface area contributed by atoms with E-state index in [-0.39, 0.29) is 18.4 Å². The van der Waals surface area contributed by atoms with E-state index in [4.69, 9.17) is 0 Å². The minimum atomic E-state index is -0.344. The summed E-state index contributed by atoms with van der Waals surface area (Å²) in [6, 6.07) is 0. The molecule has 0 heterocycles. The van der Waals surface area contributed by atoms with Gasteiger partial charge in [0.1, 0.15) is 5.78 Å². The average molecular weight is 158 g/mol. The predicted octanol–water partition coefficient (Wildman–Crippen LogP) is 2.35. The molecule has 1 fully saturated rings. The molecule has 2 heteroatoms. The predicted molar refractivity (Wildman–Crippen MR) is 42.1 cm³/mol. The van der Waals surface area contributed by atoms with Crippen molar-refractivity contribution in [3.63, 3.8) is 0 Å². The highest BCUT2D eigenvalue weighted by molar-refractivity contribution is 5.81.